The zero-order valence-electron chi connectivity index (χ0n) is 18.0. The summed E-state index contributed by atoms with van der Waals surface area (Å²) < 4.78 is 16.3. The van der Waals surface area contributed by atoms with Gasteiger partial charge in [0.1, 0.15) is 0 Å². The van der Waals surface area contributed by atoms with Gasteiger partial charge in [-0.15, -0.1) is 0 Å². The molecule has 0 aromatic heterocycles. The van der Waals surface area contributed by atoms with Crippen LogP contribution in [0, 0.1) is 6.92 Å². The number of benzene rings is 2. The van der Waals surface area contributed by atoms with Crippen LogP contribution in [0.4, 0.5) is 0 Å². The molecule has 2 N–H and O–H groups in total. The first-order valence-corrected chi connectivity index (χ1v) is 9.86. The molecule has 0 spiro atoms. The number of ether oxygens (including phenoxy) is 3. The van der Waals surface area contributed by atoms with Crippen molar-refractivity contribution in [2.45, 2.75) is 31.7 Å². The Hall–Kier alpha value is -2.89. The lowest BCUT2D eigenvalue weighted by molar-refractivity contribution is 0.323. The Bertz CT molecular complexity index is 850. The fourth-order valence-corrected chi connectivity index (χ4v) is 3.76. The summed E-state index contributed by atoms with van der Waals surface area (Å²) in [6.45, 7) is 3.65. The first-order valence-electron chi connectivity index (χ1n) is 9.86. The van der Waals surface area contributed by atoms with Crippen molar-refractivity contribution >= 4 is 5.96 Å². The molecule has 0 saturated heterocycles. The Morgan fingerprint density at radius 3 is 2.17 bits per heavy atom. The number of nitrogens with zero attached hydrogens (tertiary/aromatic N) is 1. The van der Waals surface area contributed by atoms with Crippen LogP contribution in [0.5, 0.6) is 17.2 Å². The number of hydrogen-bond donors (Lipinski definition) is 2. The van der Waals surface area contributed by atoms with Crippen LogP contribution >= 0.6 is 0 Å². The van der Waals surface area contributed by atoms with Gasteiger partial charge in [-0.3, -0.25) is 4.99 Å². The van der Waals surface area contributed by atoms with Crippen LogP contribution in [0.1, 0.15) is 29.5 Å². The summed E-state index contributed by atoms with van der Waals surface area (Å²) in [4.78, 5) is 4.38. The quantitative estimate of drug-likeness (QED) is 0.528. The van der Waals surface area contributed by atoms with E-state index in [1.165, 1.54) is 24.0 Å². The molecule has 0 bridgehead atoms. The Morgan fingerprint density at radius 2 is 1.66 bits per heavy atom. The minimum Gasteiger partial charge on any atom is -0.493 e. The van der Waals surface area contributed by atoms with Crippen LogP contribution in [-0.4, -0.2) is 40.9 Å². The first-order chi connectivity index (χ1) is 14.1. The van der Waals surface area contributed by atoms with Crippen molar-refractivity contribution in [1.29, 1.82) is 0 Å². The fourth-order valence-electron chi connectivity index (χ4n) is 3.76. The highest BCUT2D eigenvalue weighted by Crippen LogP contribution is 2.48. The molecule has 156 valence electrons. The monoisotopic (exact) mass is 397 g/mol. The van der Waals surface area contributed by atoms with E-state index in [1.54, 1.807) is 28.4 Å². The number of hydrogen-bond acceptors (Lipinski definition) is 4. The molecule has 29 heavy (non-hydrogen) atoms. The second kappa shape index (κ2) is 9.07. The summed E-state index contributed by atoms with van der Waals surface area (Å²) in [5, 5.41) is 6.88. The zero-order valence-corrected chi connectivity index (χ0v) is 18.0. The third kappa shape index (κ3) is 4.58. The van der Waals surface area contributed by atoms with Crippen molar-refractivity contribution in [3.8, 4) is 17.2 Å². The van der Waals surface area contributed by atoms with Gasteiger partial charge in [0.15, 0.2) is 17.5 Å². The number of aryl methyl sites for hydroxylation is 1. The Labute approximate surface area is 173 Å². The zero-order chi connectivity index (χ0) is 20.9. The molecule has 0 aliphatic heterocycles. The topological polar surface area (TPSA) is 64.1 Å². The minimum atomic E-state index is 0.218. The first kappa shape index (κ1) is 20.8. The van der Waals surface area contributed by atoms with Gasteiger partial charge in [0.05, 0.1) is 21.3 Å². The molecule has 2 aromatic rings. The predicted molar refractivity (Wildman–Crippen MR) is 116 cm³/mol. The van der Waals surface area contributed by atoms with Crippen LogP contribution < -0.4 is 24.8 Å². The van der Waals surface area contributed by atoms with Gasteiger partial charge in [0, 0.05) is 25.6 Å². The summed E-state index contributed by atoms with van der Waals surface area (Å²) in [6.07, 6.45) is 2.41. The maximum Gasteiger partial charge on any atom is 0.203 e. The largest absolute Gasteiger partial charge is 0.493 e. The highest BCUT2D eigenvalue weighted by atomic mass is 16.5. The number of methoxy groups -OCH3 is 3. The Morgan fingerprint density at radius 1 is 1.00 bits per heavy atom. The van der Waals surface area contributed by atoms with Crippen LogP contribution in [0.3, 0.4) is 0 Å². The molecular weight excluding hydrogens is 366 g/mol. The third-order valence-electron chi connectivity index (χ3n) is 5.57. The molecule has 1 aliphatic carbocycles. The molecule has 1 aliphatic rings. The molecule has 6 nitrogen and oxygen atoms in total. The highest BCUT2D eigenvalue weighted by Gasteiger charge is 2.44. The van der Waals surface area contributed by atoms with Gasteiger partial charge < -0.3 is 24.8 Å². The highest BCUT2D eigenvalue weighted by molar-refractivity contribution is 5.80. The van der Waals surface area contributed by atoms with E-state index >= 15 is 0 Å². The summed E-state index contributed by atoms with van der Waals surface area (Å²) in [5.74, 6) is 2.65. The van der Waals surface area contributed by atoms with E-state index in [2.05, 4.69) is 46.8 Å². The molecular formula is C23H31N3O3. The van der Waals surface area contributed by atoms with Crippen LogP contribution in [0.15, 0.2) is 41.4 Å². The molecule has 0 amide bonds. The molecule has 1 saturated carbocycles. The van der Waals surface area contributed by atoms with Gasteiger partial charge in [-0.1, -0.05) is 24.3 Å². The lowest BCUT2D eigenvalue weighted by Gasteiger charge is -2.21. The van der Waals surface area contributed by atoms with Gasteiger partial charge in [-0.2, -0.15) is 0 Å². The van der Waals surface area contributed by atoms with Gasteiger partial charge in [-0.05, 0) is 48.6 Å². The summed E-state index contributed by atoms with van der Waals surface area (Å²) in [5.41, 5.74) is 4.03. The molecule has 0 unspecified atom stereocenters. The lowest BCUT2D eigenvalue weighted by Crippen LogP contribution is -2.41. The number of rotatable bonds is 8. The maximum atomic E-state index is 5.43. The standard InChI is InChI=1S/C23H31N3O3/c1-16-8-6-7-9-18(16)23(10-11-23)15-26-22(24-2)25-14-17-12-19(27-3)21(29-5)20(13-17)28-4/h6-9,12-13H,10-11,14-15H2,1-5H3,(H2,24,25,26). The fraction of sp³-hybridized carbons (Fsp3) is 0.435. The Kier molecular flexibility index (Phi) is 6.52. The second-order valence-electron chi connectivity index (χ2n) is 7.41. The van der Waals surface area contributed by atoms with Crippen molar-refractivity contribution in [2.75, 3.05) is 34.9 Å². The van der Waals surface area contributed by atoms with Crippen molar-refractivity contribution in [1.82, 2.24) is 10.6 Å². The molecule has 2 aromatic carbocycles. The van der Waals surface area contributed by atoms with Gasteiger partial charge in [0.25, 0.3) is 0 Å². The van der Waals surface area contributed by atoms with Gasteiger partial charge >= 0.3 is 0 Å². The van der Waals surface area contributed by atoms with E-state index < -0.39 is 0 Å². The number of aliphatic imine (C=N–C) groups is 1. The maximum absolute atomic E-state index is 5.43. The molecule has 0 atom stereocenters. The van der Waals surface area contributed by atoms with Crippen molar-refractivity contribution < 1.29 is 14.2 Å². The van der Waals surface area contributed by atoms with Crippen molar-refractivity contribution in [3.63, 3.8) is 0 Å². The summed E-state index contributed by atoms with van der Waals surface area (Å²) in [6, 6.07) is 12.5. The molecule has 1 fully saturated rings. The SMILES string of the molecule is CN=C(NCc1cc(OC)c(OC)c(OC)c1)NCC1(c2ccccc2C)CC1. The van der Waals surface area contributed by atoms with E-state index in [0.717, 1.165) is 18.1 Å². The number of nitrogens with one attached hydrogen (secondary N) is 2. The predicted octanol–water partition coefficient (Wildman–Crippen LogP) is 3.42. The van der Waals surface area contributed by atoms with Crippen LogP contribution in [0.2, 0.25) is 0 Å². The lowest BCUT2D eigenvalue weighted by atomic mass is 9.92. The molecule has 0 radical (unpaired) electrons. The van der Waals surface area contributed by atoms with Crippen LogP contribution in [0.25, 0.3) is 0 Å². The summed E-state index contributed by atoms with van der Waals surface area (Å²) >= 11 is 0. The van der Waals surface area contributed by atoms with E-state index in [4.69, 9.17) is 14.2 Å². The second-order valence-corrected chi connectivity index (χ2v) is 7.41. The molecule has 0 heterocycles. The van der Waals surface area contributed by atoms with E-state index in [-0.39, 0.29) is 5.41 Å². The van der Waals surface area contributed by atoms with Crippen molar-refractivity contribution in [2.24, 2.45) is 4.99 Å². The molecule has 3 rings (SSSR count). The third-order valence-corrected chi connectivity index (χ3v) is 5.57. The minimum absolute atomic E-state index is 0.218. The normalized spacial score (nSPS) is 14.9. The average Bonchev–Trinajstić information content (AvgIpc) is 3.54. The molecule has 6 heteroatoms. The van der Waals surface area contributed by atoms with Crippen LogP contribution in [-0.2, 0) is 12.0 Å². The summed E-state index contributed by atoms with van der Waals surface area (Å²) in [7, 11) is 6.63. The number of guanidine groups is 1. The smallest absolute Gasteiger partial charge is 0.203 e. The van der Waals surface area contributed by atoms with E-state index in [1.807, 2.05) is 12.1 Å². The van der Waals surface area contributed by atoms with Crippen molar-refractivity contribution in [3.05, 3.63) is 53.1 Å². The van der Waals surface area contributed by atoms with E-state index in [9.17, 15) is 0 Å². The van der Waals surface area contributed by atoms with E-state index in [0.29, 0.717) is 23.8 Å². The van der Waals surface area contributed by atoms with Gasteiger partial charge in [0.2, 0.25) is 5.75 Å². The average molecular weight is 398 g/mol. The Balaban J connectivity index is 1.64. The van der Waals surface area contributed by atoms with Gasteiger partial charge in [-0.25, -0.2) is 0 Å².